The highest BCUT2D eigenvalue weighted by Gasteiger charge is 2.23. The van der Waals surface area contributed by atoms with Gasteiger partial charge in [-0.3, -0.25) is 4.57 Å². The number of thiophene rings is 1. The topological polar surface area (TPSA) is 43.9 Å². The minimum absolute atomic E-state index is 0.643. The molecule has 0 fully saturated rings. The molecular formula is C44H25N3OS. The summed E-state index contributed by atoms with van der Waals surface area (Å²) in [5, 5.41) is 7.98. The SMILES string of the molecule is c1ccc(-c2cc3sc4c(-c5ccccc5)nc(-n5c6ccccc6c6c7oc8ccccc8c7ccc65)nc4c3c3ccccc23)cc1. The van der Waals surface area contributed by atoms with Crippen LogP contribution in [0.5, 0.6) is 0 Å². The average Bonchev–Trinajstić information content (AvgIpc) is 3.84. The third-order valence-electron chi connectivity index (χ3n) is 9.82. The smallest absolute Gasteiger partial charge is 0.235 e. The summed E-state index contributed by atoms with van der Waals surface area (Å²) >= 11 is 1.77. The zero-order valence-corrected chi connectivity index (χ0v) is 26.9. The van der Waals surface area contributed by atoms with Crippen molar-refractivity contribution in [1.82, 2.24) is 14.5 Å². The van der Waals surface area contributed by atoms with Crippen LogP contribution in [0.2, 0.25) is 0 Å². The highest BCUT2D eigenvalue weighted by atomic mass is 32.1. The fraction of sp³-hybridized carbons (Fsp3) is 0. The molecule has 4 heterocycles. The lowest BCUT2D eigenvalue weighted by atomic mass is 9.96. The van der Waals surface area contributed by atoms with Crippen LogP contribution < -0.4 is 0 Å². The van der Waals surface area contributed by atoms with Crippen molar-refractivity contribution in [3.63, 3.8) is 0 Å². The second-order valence-corrected chi connectivity index (χ2v) is 13.6. The van der Waals surface area contributed by atoms with E-state index in [-0.39, 0.29) is 0 Å². The summed E-state index contributed by atoms with van der Waals surface area (Å²) in [5.74, 6) is 0.643. The molecule has 0 atom stereocenters. The third-order valence-corrected chi connectivity index (χ3v) is 11.0. The third kappa shape index (κ3) is 3.79. The molecule has 4 aromatic heterocycles. The number of nitrogens with zero attached hydrogens (tertiary/aromatic N) is 3. The van der Waals surface area contributed by atoms with Crippen LogP contribution in [0, 0.1) is 0 Å². The highest BCUT2D eigenvalue weighted by Crippen LogP contribution is 2.46. The van der Waals surface area contributed by atoms with Crippen molar-refractivity contribution in [3.8, 4) is 28.3 Å². The van der Waals surface area contributed by atoms with Crippen LogP contribution in [-0.2, 0) is 0 Å². The Hall–Kier alpha value is -6.30. The molecule has 4 nitrogen and oxygen atoms in total. The first kappa shape index (κ1) is 26.7. The van der Waals surface area contributed by atoms with Crippen LogP contribution in [0.1, 0.15) is 0 Å². The van der Waals surface area contributed by atoms with Gasteiger partial charge < -0.3 is 4.42 Å². The predicted molar refractivity (Wildman–Crippen MR) is 205 cm³/mol. The standard InChI is InChI=1S/C44H25N3OS/c1-3-13-26(14-4-1)33-25-37-39(30-19-8-7-17-28(30)33)41-43(49-37)40(27-15-5-2-6-16-27)45-44(46-41)47-34-21-11-9-20-32(34)38-35(47)24-23-31-29-18-10-12-22-36(29)48-42(31)38/h1-25H. The second-order valence-electron chi connectivity index (χ2n) is 12.5. The van der Waals surface area contributed by atoms with Crippen LogP contribution in [0.15, 0.2) is 156 Å². The fourth-order valence-corrected chi connectivity index (χ4v) is 8.90. The van der Waals surface area contributed by atoms with Gasteiger partial charge in [0, 0.05) is 31.8 Å². The molecule has 0 saturated heterocycles. The van der Waals surface area contributed by atoms with Crippen molar-refractivity contribution in [2.24, 2.45) is 0 Å². The minimum atomic E-state index is 0.643. The van der Waals surface area contributed by atoms with Gasteiger partial charge in [0.1, 0.15) is 11.2 Å². The van der Waals surface area contributed by atoms with Crippen LogP contribution in [-0.4, -0.2) is 14.5 Å². The lowest BCUT2D eigenvalue weighted by Crippen LogP contribution is -2.02. The van der Waals surface area contributed by atoms with Gasteiger partial charge in [0.2, 0.25) is 5.95 Å². The molecule has 0 unspecified atom stereocenters. The zero-order chi connectivity index (χ0) is 32.1. The summed E-state index contributed by atoms with van der Waals surface area (Å²) in [6, 6.07) is 53.4. The van der Waals surface area contributed by atoms with Crippen molar-refractivity contribution in [1.29, 1.82) is 0 Å². The number of aromatic nitrogens is 3. The number of rotatable bonds is 3. The van der Waals surface area contributed by atoms with Crippen molar-refractivity contribution < 1.29 is 4.42 Å². The maximum atomic E-state index is 6.57. The first-order valence-electron chi connectivity index (χ1n) is 16.4. The normalized spacial score (nSPS) is 12.1. The van der Waals surface area contributed by atoms with Gasteiger partial charge in [0.25, 0.3) is 0 Å². The van der Waals surface area contributed by atoms with Gasteiger partial charge in [-0.15, -0.1) is 11.3 Å². The van der Waals surface area contributed by atoms with Crippen LogP contribution in [0.3, 0.4) is 0 Å². The van der Waals surface area contributed by atoms with E-state index >= 15 is 0 Å². The molecular weight excluding hydrogens is 619 g/mol. The van der Waals surface area contributed by atoms with Gasteiger partial charge in [0.15, 0.2) is 0 Å². The first-order valence-corrected chi connectivity index (χ1v) is 17.2. The van der Waals surface area contributed by atoms with Gasteiger partial charge >= 0.3 is 0 Å². The van der Waals surface area contributed by atoms with Crippen molar-refractivity contribution in [3.05, 3.63) is 152 Å². The minimum Gasteiger partial charge on any atom is -0.455 e. The van der Waals surface area contributed by atoms with Gasteiger partial charge in [0.05, 0.1) is 32.3 Å². The van der Waals surface area contributed by atoms with E-state index in [2.05, 4.69) is 144 Å². The molecule has 0 spiro atoms. The Labute approximate surface area is 284 Å². The van der Waals surface area contributed by atoms with E-state index in [1.807, 2.05) is 12.1 Å². The number of furan rings is 1. The molecule has 0 saturated carbocycles. The summed E-state index contributed by atoms with van der Waals surface area (Å²) in [5.41, 5.74) is 9.23. The molecule has 0 aliphatic rings. The lowest BCUT2D eigenvalue weighted by molar-refractivity contribution is 0.673. The monoisotopic (exact) mass is 643 g/mol. The molecule has 0 N–H and O–H groups in total. The van der Waals surface area contributed by atoms with E-state index in [0.29, 0.717) is 5.95 Å². The van der Waals surface area contributed by atoms with E-state index in [1.54, 1.807) is 11.3 Å². The average molecular weight is 644 g/mol. The van der Waals surface area contributed by atoms with E-state index in [9.17, 15) is 0 Å². The fourth-order valence-electron chi connectivity index (χ4n) is 7.69. The molecule has 11 rings (SSSR count). The Morgan fingerprint density at radius 1 is 0.510 bits per heavy atom. The molecule has 228 valence electrons. The molecule has 49 heavy (non-hydrogen) atoms. The summed E-state index contributed by atoms with van der Waals surface area (Å²) in [7, 11) is 0. The van der Waals surface area contributed by atoms with Gasteiger partial charge in [-0.05, 0) is 52.2 Å². The predicted octanol–water partition coefficient (Wildman–Crippen LogP) is 12.3. The molecule has 0 bridgehead atoms. The Morgan fingerprint density at radius 2 is 1.18 bits per heavy atom. The van der Waals surface area contributed by atoms with E-state index in [1.165, 1.54) is 26.6 Å². The second kappa shape index (κ2) is 10.1. The molecule has 7 aromatic carbocycles. The number of hydrogen-bond acceptors (Lipinski definition) is 4. The van der Waals surface area contributed by atoms with Gasteiger partial charge in [-0.1, -0.05) is 121 Å². The maximum Gasteiger partial charge on any atom is 0.235 e. The van der Waals surface area contributed by atoms with Crippen LogP contribution in [0.4, 0.5) is 0 Å². The number of benzene rings is 7. The Kier molecular flexibility index (Phi) is 5.51. The van der Waals surface area contributed by atoms with Crippen molar-refractivity contribution in [2.75, 3.05) is 0 Å². The first-order chi connectivity index (χ1) is 24.3. The number of para-hydroxylation sites is 2. The lowest BCUT2D eigenvalue weighted by Gasteiger charge is -2.11. The molecule has 0 aliphatic heterocycles. The van der Waals surface area contributed by atoms with Crippen LogP contribution >= 0.6 is 11.3 Å². The molecule has 0 aliphatic carbocycles. The Balaban J connectivity index is 1.29. The van der Waals surface area contributed by atoms with E-state index in [0.717, 1.165) is 70.6 Å². The summed E-state index contributed by atoms with van der Waals surface area (Å²) in [6.45, 7) is 0. The molecule has 5 heteroatoms. The summed E-state index contributed by atoms with van der Waals surface area (Å²) in [4.78, 5) is 10.9. The zero-order valence-electron chi connectivity index (χ0n) is 26.1. The number of fused-ring (bicyclic) bond motifs is 12. The summed E-state index contributed by atoms with van der Waals surface area (Å²) in [6.07, 6.45) is 0. The number of hydrogen-bond donors (Lipinski definition) is 0. The Morgan fingerprint density at radius 3 is 2.00 bits per heavy atom. The van der Waals surface area contributed by atoms with E-state index in [4.69, 9.17) is 14.4 Å². The van der Waals surface area contributed by atoms with Gasteiger partial charge in [-0.2, -0.15) is 0 Å². The van der Waals surface area contributed by atoms with Crippen molar-refractivity contribution >= 4 is 86.2 Å². The molecule has 11 aromatic rings. The molecule has 0 radical (unpaired) electrons. The van der Waals surface area contributed by atoms with Crippen molar-refractivity contribution in [2.45, 2.75) is 0 Å². The highest BCUT2D eigenvalue weighted by molar-refractivity contribution is 7.26. The Bertz CT molecular complexity index is 3100. The van der Waals surface area contributed by atoms with E-state index < -0.39 is 0 Å². The summed E-state index contributed by atoms with van der Waals surface area (Å²) < 4.78 is 11.1. The maximum absolute atomic E-state index is 6.57. The van der Waals surface area contributed by atoms with Gasteiger partial charge in [-0.25, -0.2) is 9.97 Å². The molecule has 0 amide bonds. The quantitative estimate of drug-likeness (QED) is 0.192. The largest absolute Gasteiger partial charge is 0.455 e. The van der Waals surface area contributed by atoms with Crippen LogP contribution in [0.25, 0.3) is 103 Å².